The molecule has 0 saturated carbocycles. The lowest BCUT2D eigenvalue weighted by atomic mass is 10.1. The van der Waals surface area contributed by atoms with E-state index >= 15 is 0 Å². The Balaban J connectivity index is 2.47. The summed E-state index contributed by atoms with van der Waals surface area (Å²) in [6.07, 6.45) is 0.831. The molecular formula is C13H19NO3. The number of carbonyl (C=O) groups is 1. The van der Waals surface area contributed by atoms with Gasteiger partial charge in [0.25, 0.3) is 0 Å². The zero-order valence-electron chi connectivity index (χ0n) is 10.5. The first-order chi connectivity index (χ1) is 8.04. The molecule has 0 aliphatic rings. The Hall–Kier alpha value is -1.55. The summed E-state index contributed by atoms with van der Waals surface area (Å²) < 4.78 is 5.08. The topological polar surface area (TPSA) is 49.8 Å². The maximum atomic E-state index is 10.8. The van der Waals surface area contributed by atoms with Crippen LogP contribution in [-0.2, 0) is 11.2 Å². The summed E-state index contributed by atoms with van der Waals surface area (Å²) in [6.45, 7) is 2.41. The van der Waals surface area contributed by atoms with Crippen molar-refractivity contribution in [1.82, 2.24) is 4.90 Å². The Morgan fingerprint density at radius 2 is 2.00 bits per heavy atom. The van der Waals surface area contributed by atoms with Crippen LogP contribution >= 0.6 is 0 Å². The minimum Gasteiger partial charge on any atom is -0.497 e. The standard InChI is InChI=1S/C13H19NO3/c1-10(13(15)16)14(2)9-8-11-4-6-12(17-3)7-5-11/h4-7,10H,8-9H2,1-3H3,(H,15,16). The molecule has 1 aromatic rings. The third kappa shape index (κ3) is 4.07. The molecule has 0 aromatic heterocycles. The van der Waals surface area contributed by atoms with E-state index in [1.165, 1.54) is 5.56 Å². The molecule has 1 rings (SSSR count). The lowest BCUT2D eigenvalue weighted by Gasteiger charge is -2.20. The van der Waals surface area contributed by atoms with Crippen molar-refractivity contribution in [3.05, 3.63) is 29.8 Å². The largest absolute Gasteiger partial charge is 0.497 e. The molecule has 1 N–H and O–H groups in total. The Kier molecular flexibility index (Phi) is 4.97. The zero-order valence-corrected chi connectivity index (χ0v) is 10.5. The highest BCUT2D eigenvalue weighted by molar-refractivity contribution is 5.72. The summed E-state index contributed by atoms with van der Waals surface area (Å²) in [5.74, 6) is 0.0447. The highest BCUT2D eigenvalue weighted by Gasteiger charge is 2.15. The Labute approximate surface area is 102 Å². The molecule has 0 bridgehead atoms. The van der Waals surface area contributed by atoms with Crippen LogP contribution in [0.1, 0.15) is 12.5 Å². The van der Waals surface area contributed by atoms with Crippen molar-refractivity contribution < 1.29 is 14.6 Å². The second kappa shape index (κ2) is 6.25. The molecule has 1 atom stereocenters. The molecule has 4 heteroatoms. The molecule has 0 aliphatic heterocycles. The van der Waals surface area contributed by atoms with Crippen LogP contribution in [0.3, 0.4) is 0 Å². The summed E-state index contributed by atoms with van der Waals surface area (Å²) in [4.78, 5) is 12.6. The van der Waals surface area contributed by atoms with Crippen molar-refractivity contribution in [3.8, 4) is 5.75 Å². The molecule has 17 heavy (non-hydrogen) atoms. The van der Waals surface area contributed by atoms with E-state index in [1.54, 1.807) is 14.0 Å². The van der Waals surface area contributed by atoms with E-state index in [0.29, 0.717) is 0 Å². The number of carboxylic acids is 1. The van der Waals surface area contributed by atoms with Crippen molar-refractivity contribution in [1.29, 1.82) is 0 Å². The first-order valence-electron chi connectivity index (χ1n) is 5.60. The van der Waals surface area contributed by atoms with E-state index in [1.807, 2.05) is 36.2 Å². The van der Waals surface area contributed by atoms with Gasteiger partial charge in [0.1, 0.15) is 11.8 Å². The van der Waals surface area contributed by atoms with Gasteiger partial charge in [-0.05, 0) is 38.1 Å². The molecular weight excluding hydrogens is 218 g/mol. The lowest BCUT2D eigenvalue weighted by Crippen LogP contribution is -2.37. The summed E-state index contributed by atoms with van der Waals surface area (Å²) in [7, 11) is 3.46. The van der Waals surface area contributed by atoms with Crippen molar-refractivity contribution in [2.24, 2.45) is 0 Å². The highest BCUT2D eigenvalue weighted by Crippen LogP contribution is 2.12. The molecule has 0 aliphatic carbocycles. The maximum absolute atomic E-state index is 10.8. The van der Waals surface area contributed by atoms with Gasteiger partial charge in [-0.3, -0.25) is 9.69 Å². The smallest absolute Gasteiger partial charge is 0.320 e. The molecule has 1 aromatic carbocycles. The molecule has 94 valence electrons. The van der Waals surface area contributed by atoms with Crippen molar-refractivity contribution in [3.63, 3.8) is 0 Å². The summed E-state index contributed by atoms with van der Waals surface area (Å²) in [6, 6.07) is 7.37. The van der Waals surface area contributed by atoms with Gasteiger partial charge in [0.05, 0.1) is 7.11 Å². The van der Waals surface area contributed by atoms with Gasteiger partial charge in [0.2, 0.25) is 0 Å². The van der Waals surface area contributed by atoms with Crippen LogP contribution in [0.5, 0.6) is 5.75 Å². The Morgan fingerprint density at radius 3 is 2.47 bits per heavy atom. The number of nitrogens with zero attached hydrogens (tertiary/aromatic N) is 1. The van der Waals surface area contributed by atoms with Crippen LogP contribution in [0.25, 0.3) is 0 Å². The molecule has 0 radical (unpaired) electrons. The van der Waals surface area contributed by atoms with Gasteiger partial charge in [-0.1, -0.05) is 12.1 Å². The fraction of sp³-hybridized carbons (Fsp3) is 0.462. The highest BCUT2D eigenvalue weighted by atomic mass is 16.5. The molecule has 1 unspecified atom stereocenters. The van der Waals surface area contributed by atoms with Gasteiger partial charge in [0.15, 0.2) is 0 Å². The number of methoxy groups -OCH3 is 1. The molecule has 0 spiro atoms. The van der Waals surface area contributed by atoms with Crippen LogP contribution in [-0.4, -0.2) is 42.7 Å². The number of hydrogen-bond acceptors (Lipinski definition) is 3. The average Bonchev–Trinajstić information content (AvgIpc) is 2.35. The number of likely N-dealkylation sites (N-methyl/N-ethyl adjacent to an activating group) is 1. The van der Waals surface area contributed by atoms with Gasteiger partial charge < -0.3 is 9.84 Å². The number of hydrogen-bond donors (Lipinski definition) is 1. The van der Waals surface area contributed by atoms with E-state index in [0.717, 1.165) is 18.7 Å². The molecule has 4 nitrogen and oxygen atoms in total. The molecule has 0 fully saturated rings. The SMILES string of the molecule is COc1ccc(CCN(C)C(C)C(=O)O)cc1. The minimum absolute atomic E-state index is 0.451. The zero-order chi connectivity index (χ0) is 12.8. The Morgan fingerprint density at radius 1 is 1.41 bits per heavy atom. The summed E-state index contributed by atoms with van der Waals surface area (Å²) >= 11 is 0. The average molecular weight is 237 g/mol. The summed E-state index contributed by atoms with van der Waals surface area (Å²) in [5, 5.41) is 8.86. The van der Waals surface area contributed by atoms with Gasteiger partial charge in [0, 0.05) is 6.54 Å². The first kappa shape index (κ1) is 13.5. The van der Waals surface area contributed by atoms with Crippen molar-refractivity contribution >= 4 is 5.97 Å². The van der Waals surface area contributed by atoms with Crippen molar-refractivity contribution in [2.75, 3.05) is 20.7 Å². The van der Waals surface area contributed by atoms with Gasteiger partial charge in [-0.2, -0.15) is 0 Å². The third-order valence-corrected chi connectivity index (χ3v) is 2.93. The van der Waals surface area contributed by atoms with Crippen LogP contribution < -0.4 is 4.74 Å². The van der Waals surface area contributed by atoms with Crippen LogP contribution in [0.4, 0.5) is 0 Å². The number of aliphatic carboxylic acids is 1. The fourth-order valence-corrected chi connectivity index (χ4v) is 1.48. The number of carboxylic acid groups (broad SMARTS) is 1. The Bertz CT molecular complexity index is 361. The van der Waals surface area contributed by atoms with Crippen LogP contribution in [0, 0.1) is 0 Å². The monoisotopic (exact) mass is 237 g/mol. The second-order valence-corrected chi connectivity index (χ2v) is 4.09. The second-order valence-electron chi connectivity index (χ2n) is 4.09. The minimum atomic E-state index is -0.790. The van der Waals surface area contributed by atoms with Crippen molar-refractivity contribution in [2.45, 2.75) is 19.4 Å². The maximum Gasteiger partial charge on any atom is 0.320 e. The molecule has 0 amide bonds. The fourth-order valence-electron chi connectivity index (χ4n) is 1.48. The van der Waals surface area contributed by atoms with E-state index in [-0.39, 0.29) is 0 Å². The lowest BCUT2D eigenvalue weighted by molar-refractivity contribution is -0.142. The predicted molar refractivity (Wildman–Crippen MR) is 66.4 cm³/mol. The molecule has 0 heterocycles. The van der Waals surface area contributed by atoms with E-state index in [9.17, 15) is 4.79 Å². The van der Waals surface area contributed by atoms with E-state index in [2.05, 4.69) is 0 Å². The summed E-state index contributed by atoms with van der Waals surface area (Å²) in [5.41, 5.74) is 1.18. The van der Waals surface area contributed by atoms with Gasteiger partial charge in [-0.25, -0.2) is 0 Å². The quantitative estimate of drug-likeness (QED) is 0.817. The van der Waals surface area contributed by atoms with Gasteiger partial charge in [-0.15, -0.1) is 0 Å². The molecule has 0 saturated heterocycles. The van der Waals surface area contributed by atoms with Crippen LogP contribution in [0.2, 0.25) is 0 Å². The number of rotatable bonds is 6. The number of ether oxygens (including phenoxy) is 1. The van der Waals surface area contributed by atoms with Crippen LogP contribution in [0.15, 0.2) is 24.3 Å². The number of benzene rings is 1. The predicted octanol–water partition coefficient (Wildman–Crippen LogP) is 1.64. The van der Waals surface area contributed by atoms with Gasteiger partial charge >= 0.3 is 5.97 Å². The van der Waals surface area contributed by atoms with E-state index < -0.39 is 12.0 Å². The van der Waals surface area contributed by atoms with E-state index in [4.69, 9.17) is 9.84 Å². The first-order valence-corrected chi connectivity index (χ1v) is 5.60. The normalized spacial score (nSPS) is 12.5. The third-order valence-electron chi connectivity index (χ3n) is 2.93.